The Balaban J connectivity index is 1.59. The standard InChI is InChI=1S/C20H31N3O4S/c1-3-16(2)23(17-8-13-28(26,27)15-17)20(25)14-21-9-11-22(12-10-21)18-6-4-5-7-19(18)24/h4-7,16-17,24H,3,8-15H2,1-2H3/t16-,17+/m1/s1. The Morgan fingerprint density at radius 3 is 2.50 bits per heavy atom. The minimum Gasteiger partial charge on any atom is -0.506 e. The number of benzene rings is 1. The molecule has 2 heterocycles. The number of amides is 1. The highest BCUT2D eigenvalue weighted by atomic mass is 32.2. The van der Waals surface area contributed by atoms with E-state index in [0.29, 0.717) is 13.0 Å². The molecule has 2 aliphatic rings. The third-order valence-electron chi connectivity index (χ3n) is 5.91. The Morgan fingerprint density at radius 2 is 1.93 bits per heavy atom. The average Bonchev–Trinajstić information content (AvgIpc) is 3.02. The number of phenolic OH excluding ortho intramolecular Hbond substituents is 1. The molecule has 7 nitrogen and oxygen atoms in total. The Kier molecular flexibility index (Phi) is 6.50. The number of anilines is 1. The monoisotopic (exact) mass is 409 g/mol. The molecule has 2 aliphatic heterocycles. The minimum atomic E-state index is -3.03. The molecule has 1 aromatic carbocycles. The molecule has 3 rings (SSSR count). The van der Waals surface area contributed by atoms with Crippen LogP contribution in [-0.2, 0) is 14.6 Å². The summed E-state index contributed by atoms with van der Waals surface area (Å²) in [5.41, 5.74) is 0.825. The number of aromatic hydroxyl groups is 1. The smallest absolute Gasteiger partial charge is 0.237 e. The molecule has 1 N–H and O–H groups in total. The van der Waals surface area contributed by atoms with Crippen LogP contribution in [0.5, 0.6) is 5.75 Å². The van der Waals surface area contributed by atoms with E-state index in [1.54, 1.807) is 12.1 Å². The maximum Gasteiger partial charge on any atom is 0.237 e. The first-order chi connectivity index (χ1) is 13.3. The number of para-hydroxylation sites is 2. The van der Waals surface area contributed by atoms with Crippen LogP contribution in [0.25, 0.3) is 0 Å². The lowest BCUT2D eigenvalue weighted by molar-refractivity contribution is -0.136. The summed E-state index contributed by atoms with van der Waals surface area (Å²) in [6.07, 6.45) is 1.35. The second-order valence-electron chi connectivity index (χ2n) is 7.87. The molecule has 0 saturated carbocycles. The van der Waals surface area contributed by atoms with Crippen molar-refractivity contribution in [1.29, 1.82) is 0 Å². The lowest BCUT2D eigenvalue weighted by Gasteiger charge is -2.39. The fourth-order valence-electron chi connectivity index (χ4n) is 4.15. The highest BCUT2D eigenvalue weighted by Crippen LogP contribution is 2.27. The summed E-state index contributed by atoms with van der Waals surface area (Å²) in [7, 11) is -3.03. The zero-order chi connectivity index (χ0) is 20.3. The molecule has 2 atom stereocenters. The summed E-state index contributed by atoms with van der Waals surface area (Å²) in [6.45, 7) is 7.29. The van der Waals surface area contributed by atoms with Gasteiger partial charge in [0.25, 0.3) is 0 Å². The molecule has 0 unspecified atom stereocenters. The lowest BCUT2D eigenvalue weighted by Crippen LogP contribution is -2.53. The van der Waals surface area contributed by atoms with Crippen LogP contribution in [0.15, 0.2) is 24.3 Å². The van der Waals surface area contributed by atoms with Crippen molar-refractivity contribution in [3.8, 4) is 5.75 Å². The van der Waals surface area contributed by atoms with Crippen LogP contribution in [0.4, 0.5) is 5.69 Å². The number of hydrogen-bond acceptors (Lipinski definition) is 6. The number of carbonyl (C=O) groups is 1. The van der Waals surface area contributed by atoms with Gasteiger partial charge in [-0.2, -0.15) is 0 Å². The first-order valence-electron chi connectivity index (χ1n) is 10.1. The van der Waals surface area contributed by atoms with Crippen molar-refractivity contribution < 1.29 is 18.3 Å². The van der Waals surface area contributed by atoms with E-state index in [9.17, 15) is 18.3 Å². The van der Waals surface area contributed by atoms with Crippen molar-refractivity contribution in [2.45, 2.75) is 38.8 Å². The van der Waals surface area contributed by atoms with Gasteiger partial charge < -0.3 is 14.9 Å². The van der Waals surface area contributed by atoms with Gasteiger partial charge in [0, 0.05) is 38.3 Å². The molecule has 28 heavy (non-hydrogen) atoms. The van der Waals surface area contributed by atoms with Crippen LogP contribution in [0.1, 0.15) is 26.7 Å². The van der Waals surface area contributed by atoms with Crippen LogP contribution in [0.3, 0.4) is 0 Å². The Hall–Kier alpha value is -1.80. The molecule has 0 bridgehead atoms. The van der Waals surface area contributed by atoms with Crippen molar-refractivity contribution in [2.24, 2.45) is 0 Å². The molecule has 2 fully saturated rings. The van der Waals surface area contributed by atoms with Crippen molar-refractivity contribution in [2.75, 3.05) is 49.1 Å². The van der Waals surface area contributed by atoms with Crippen LogP contribution in [-0.4, -0.2) is 85.5 Å². The van der Waals surface area contributed by atoms with Gasteiger partial charge in [-0.05, 0) is 31.9 Å². The SMILES string of the molecule is CC[C@@H](C)N(C(=O)CN1CCN(c2ccccc2O)CC1)[C@H]1CCS(=O)(=O)C1. The highest BCUT2D eigenvalue weighted by molar-refractivity contribution is 7.91. The molecule has 0 radical (unpaired) electrons. The van der Waals surface area contributed by atoms with E-state index in [1.807, 2.05) is 30.9 Å². The van der Waals surface area contributed by atoms with Crippen LogP contribution in [0, 0.1) is 0 Å². The number of nitrogens with zero attached hydrogens (tertiary/aromatic N) is 3. The van der Waals surface area contributed by atoms with Crippen molar-refractivity contribution in [1.82, 2.24) is 9.80 Å². The largest absolute Gasteiger partial charge is 0.506 e. The highest BCUT2D eigenvalue weighted by Gasteiger charge is 2.37. The average molecular weight is 410 g/mol. The van der Waals surface area contributed by atoms with Crippen LogP contribution >= 0.6 is 0 Å². The number of phenols is 1. The molecule has 156 valence electrons. The van der Waals surface area contributed by atoms with Crippen LogP contribution < -0.4 is 4.90 Å². The molecular formula is C20H31N3O4S. The molecule has 2 saturated heterocycles. The molecule has 0 spiro atoms. The van der Waals surface area contributed by atoms with E-state index in [0.717, 1.165) is 38.3 Å². The van der Waals surface area contributed by atoms with E-state index < -0.39 is 9.84 Å². The number of carbonyl (C=O) groups excluding carboxylic acids is 1. The summed E-state index contributed by atoms with van der Waals surface area (Å²) in [5.74, 6) is 0.561. The molecular weight excluding hydrogens is 378 g/mol. The van der Waals surface area contributed by atoms with E-state index in [1.165, 1.54) is 0 Å². The maximum atomic E-state index is 13.1. The van der Waals surface area contributed by atoms with E-state index in [-0.39, 0.29) is 35.2 Å². The zero-order valence-corrected chi connectivity index (χ0v) is 17.6. The zero-order valence-electron chi connectivity index (χ0n) is 16.7. The quantitative estimate of drug-likeness (QED) is 0.763. The van der Waals surface area contributed by atoms with Crippen molar-refractivity contribution >= 4 is 21.4 Å². The molecule has 0 aromatic heterocycles. The molecule has 0 aliphatic carbocycles. The third kappa shape index (κ3) is 4.78. The number of sulfone groups is 1. The Morgan fingerprint density at radius 1 is 1.25 bits per heavy atom. The van der Waals surface area contributed by atoms with Gasteiger partial charge in [0.2, 0.25) is 5.91 Å². The lowest BCUT2D eigenvalue weighted by atomic mass is 10.1. The van der Waals surface area contributed by atoms with Crippen LogP contribution in [0.2, 0.25) is 0 Å². The Labute approximate surface area is 167 Å². The second-order valence-corrected chi connectivity index (χ2v) is 10.1. The minimum absolute atomic E-state index is 0.0208. The summed E-state index contributed by atoms with van der Waals surface area (Å²) < 4.78 is 23.8. The van der Waals surface area contributed by atoms with Gasteiger partial charge in [0.1, 0.15) is 5.75 Å². The van der Waals surface area contributed by atoms with Gasteiger partial charge in [-0.15, -0.1) is 0 Å². The van der Waals surface area contributed by atoms with Gasteiger partial charge in [-0.1, -0.05) is 19.1 Å². The first-order valence-corrected chi connectivity index (χ1v) is 11.9. The fraction of sp³-hybridized carbons (Fsp3) is 0.650. The molecule has 1 amide bonds. The maximum absolute atomic E-state index is 13.1. The van der Waals surface area contributed by atoms with E-state index in [2.05, 4.69) is 9.80 Å². The summed E-state index contributed by atoms with van der Waals surface area (Å²) in [5, 5.41) is 10.0. The van der Waals surface area contributed by atoms with Crippen molar-refractivity contribution in [3.63, 3.8) is 0 Å². The summed E-state index contributed by atoms with van der Waals surface area (Å²) in [4.78, 5) is 19.1. The van der Waals surface area contributed by atoms with Gasteiger partial charge in [0.15, 0.2) is 9.84 Å². The number of hydrogen-bond donors (Lipinski definition) is 1. The number of rotatable bonds is 6. The summed E-state index contributed by atoms with van der Waals surface area (Å²) >= 11 is 0. The summed E-state index contributed by atoms with van der Waals surface area (Å²) in [6, 6.07) is 7.14. The third-order valence-corrected chi connectivity index (χ3v) is 7.66. The Bertz CT molecular complexity index is 790. The molecule has 1 aromatic rings. The van der Waals surface area contributed by atoms with Gasteiger partial charge in [-0.25, -0.2) is 8.42 Å². The fourth-order valence-corrected chi connectivity index (χ4v) is 5.86. The topological polar surface area (TPSA) is 81.2 Å². The van der Waals surface area contributed by atoms with E-state index in [4.69, 9.17) is 0 Å². The predicted molar refractivity (Wildman–Crippen MR) is 110 cm³/mol. The van der Waals surface area contributed by atoms with Gasteiger partial charge >= 0.3 is 0 Å². The normalized spacial score (nSPS) is 23.5. The van der Waals surface area contributed by atoms with Gasteiger partial charge in [-0.3, -0.25) is 9.69 Å². The second kappa shape index (κ2) is 8.69. The first kappa shape index (κ1) is 20.9. The van der Waals surface area contributed by atoms with Crippen molar-refractivity contribution in [3.05, 3.63) is 24.3 Å². The number of piperazine rings is 1. The van der Waals surface area contributed by atoms with Gasteiger partial charge in [0.05, 0.1) is 23.7 Å². The predicted octanol–water partition coefficient (Wildman–Crippen LogP) is 1.33. The molecule has 8 heteroatoms. The van der Waals surface area contributed by atoms with E-state index >= 15 is 0 Å².